The molecule has 0 spiro atoms. The Morgan fingerprint density at radius 1 is 0.895 bits per heavy atom. The molecule has 3 amide bonds. The zero-order chi connectivity index (χ0) is 28.0. The monoisotopic (exact) mass is 517 g/mol. The molecule has 4 N–H and O–H groups in total. The molecule has 0 aliphatic heterocycles. The van der Waals surface area contributed by atoms with Gasteiger partial charge < -0.3 is 20.8 Å². The minimum Gasteiger partial charge on any atom is -0.479 e. The lowest BCUT2D eigenvalue weighted by Gasteiger charge is -2.25. The van der Waals surface area contributed by atoms with Gasteiger partial charge in [0.25, 0.3) is 5.91 Å². The van der Waals surface area contributed by atoms with Crippen molar-refractivity contribution in [3.63, 3.8) is 0 Å². The van der Waals surface area contributed by atoms with E-state index >= 15 is 0 Å². The lowest BCUT2D eigenvalue weighted by atomic mass is 9.87. The van der Waals surface area contributed by atoms with E-state index in [4.69, 9.17) is 5.11 Å². The van der Waals surface area contributed by atoms with E-state index in [1.807, 2.05) is 56.3 Å². The molecule has 3 rings (SSSR count). The molecule has 0 bridgehead atoms. The molecule has 3 aromatic carbocycles. The zero-order valence-corrected chi connectivity index (χ0v) is 22.4. The van der Waals surface area contributed by atoms with Crippen molar-refractivity contribution in [2.45, 2.75) is 52.7 Å². The van der Waals surface area contributed by atoms with E-state index in [-0.39, 0.29) is 18.0 Å². The van der Waals surface area contributed by atoms with Crippen LogP contribution < -0.4 is 15.5 Å². The molecule has 8 nitrogen and oxygen atoms in total. The summed E-state index contributed by atoms with van der Waals surface area (Å²) in [6, 6.07) is 20.2. The fourth-order valence-corrected chi connectivity index (χ4v) is 3.98. The van der Waals surface area contributed by atoms with Gasteiger partial charge in [0.05, 0.1) is 13.1 Å². The van der Waals surface area contributed by atoms with Crippen LogP contribution in [0.25, 0.3) is 0 Å². The van der Waals surface area contributed by atoms with Crippen molar-refractivity contribution in [2.24, 2.45) is 0 Å². The number of aliphatic hydroxyl groups excluding tert-OH is 1. The maximum atomic E-state index is 13.5. The number of urea groups is 1. The molecule has 8 heteroatoms. The Morgan fingerprint density at radius 2 is 1.47 bits per heavy atom. The van der Waals surface area contributed by atoms with Gasteiger partial charge in [0.1, 0.15) is 0 Å². The number of hydrogen-bond donors (Lipinski definition) is 4. The molecule has 0 aliphatic carbocycles. The number of aryl methyl sites for hydroxylation is 2. The molecule has 0 aromatic heterocycles. The van der Waals surface area contributed by atoms with Crippen molar-refractivity contribution >= 4 is 29.3 Å². The summed E-state index contributed by atoms with van der Waals surface area (Å²) in [6.45, 7) is 10.2. The fraction of sp³-hybridized carbons (Fsp3) is 0.300. The topological polar surface area (TPSA) is 119 Å². The van der Waals surface area contributed by atoms with Crippen LogP contribution in [0.4, 0.5) is 16.2 Å². The normalized spacial score (nSPS) is 11.9. The average Bonchev–Trinajstić information content (AvgIpc) is 2.84. The van der Waals surface area contributed by atoms with Crippen LogP contribution in [0.1, 0.15) is 53.4 Å². The number of aliphatic hydroxyl groups is 1. The molecule has 1 atom stereocenters. The number of nitrogens with one attached hydrogen (secondary N) is 2. The van der Waals surface area contributed by atoms with Crippen molar-refractivity contribution in [1.82, 2.24) is 5.32 Å². The quantitative estimate of drug-likeness (QED) is 0.335. The van der Waals surface area contributed by atoms with Crippen LogP contribution >= 0.6 is 0 Å². The number of amides is 3. The SMILES string of the molecule is Cc1cc(C)cc(NC(=O)N(Cc2ccc(C(=O)NC[C@@H](O)C(=O)O)cc2)c2ccc(C(C)(C)C)cc2)c1. The largest absolute Gasteiger partial charge is 0.479 e. The molecule has 0 radical (unpaired) electrons. The zero-order valence-electron chi connectivity index (χ0n) is 22.4. The van der Waals surface area contributed by atoms with E-state index < -0.39 is 24.5 Å². The smallest absolute Gasteiger partial charge is 0.334 e. The highest BCUT2D eigenvalue weighted by Gasteiger charge is 2.20. The van der Waals surface area contributed by atoms with Crippen LogP contribution in [0, 0.1) is 13.8 Å². The predicted octanol–water partition coefficient (Wildman–Crippen LogP) is 5.01. The van der Waals surface area contributed by atoms with Gasteiger partial charge in [0.15, 0.2) is 6.10 Å². The van der Waals surface area contributed by atoms with Crippen LogP contribution in [0.5, 0.6) is 0 Å². The van der Waals surface area contributed by atoms with E-state index in [1.54, 1.807) is 29.2 Å². The lowest BCUT2D eigenvalue weighted by molar-refractivity contribution is -0.146. The second-order valence-corrected chi connectivity index (χ2v) is 10.5. The van der Waals surface area contributed by atoms with Gasteiger partial charge in [0, 0.05) is 16.9 Å². The van der Waals surface area contributed by atoms with Crippen LogP contribution in [0.3, 0.4) is 0 Å². The number of carbonyl (C=O) groups excluding carboxylic acids is 2. The van der Waals surface area contributed by atoms with E-state index in [0.29, 0.717) is 11.3 Å². The van der Waals surface area contributed by atoms with E-state index in [2.05, 4.69) is 31.4 Å². The Morgan fingerprint density at radius 3 is 2.00 bits per heavy atom. The molecule has 0 saturated carbocycles. The molecular weight excluding hydrogens is 482 g/mol. The fourth-order valence-electron chi connectivity index (χ4n) is 3.98. The second kappa shape index (κ2) is 11.9. The third-order valence-electron chi connectivity index (χ3n) is 6.06. The van der Waals surface area contributed by atoms with Crippen LogP contribution in [-0.4, -0.2) is 40.8 Å². The summed E-state index contributed by atoms with van der Waals surface area (Å²) < 4.78 is 0. The number of hydrogen-bond acceptors (Lipinski definition) is 4. The first kappa shape index (κ1) is 28.4. The Kier molecular flexibility index (Phi) is 8.91. The van der Waals surface area contributed by atoms with Crippen molar-refractivity contribution in [2.75, 3.05) is 16.8 Å². The van der Waals surface area contributed by atoms with Crippen molar-refractivity contribution < 1.29 is 24.6 Å². The number of rotatable bonds is 8. The highest BCUT2D eigenvalue weighted by Crippen LogP contribution is 2.26. The van der Waals surface area contributed by atoms with Crippen molar-refractivity contribution in [3.05, 3.63) is 94.5 Å². The van der Waals surface area contributed by atoms with E-state index in [9.17, 15) is 19.5 Å². The van der Waals surface area contributed by atoms with E-state index in [1.165, 1.54) is 0 Å². The Bertz CT molecular complexity index is 1270. The number of carboxylic acids is 1. The van der Waals surface area contributed by atoms with Gasteiger partial charge in [-0.1, -0.05) is 51.1 Å². The third-order valence-corrected chi connectivity index (χ3v) is 6.06. The van der Waals surface area contributed by atoms with Gasteiger partial charge in [-0.3, -0.25) is 9.69 Å². The Hall–Kier alpha value is -4.17. The number of benzene rings is 3. The lowest BCUT2D eigenvalue weighted by Crippen LogP contribution is -2.36. The van der Waals surface area contributed by atoms with Crippen molar-refractivity contribution in [3.8, 4) is 0 Å². The number of carboxylic acid groups (broad SMARTS) is 1. The van der Waals surface area contributed by atoms with Gasteiger partial charge in [0.2, 0.25) is 0 Å². The molecule has 0 heterocycles. The second-order valence-electron chi connectivity index (χ2n) is 10.5. The summed E-state index contributed by atoms with van der Waals surface area (Å²) in [4.78, 5) is 38.2. The third kappa shape index (κ3) is 7.66. The summed E-state index contributed by atoms with van der Waals surface area (Å²) in [5, 5.41) is 23.5. The molecule has 200 valence electrons. The van der Waals surface area contributed by atoms with Gasteiger partial charge in [-0.15, -0.1) is 0 Å². The summed E-state index contributed by atoms with van der Waals surface area (Å²) in [5.41, 5.74) is 5.76. The number of anilines is 2. The van der Waals surface area contributed by atoms with E-state index in [0.717, 1.165) is 27.9 Å². The maximum absolute atomic E-state index is 13.5. The van der Waals surface area contributed by atoms with Crippen LogP contribution in [0.2, 0.25) is 0 Å². The maximum Gasteiger partial charge on any atom is 0.334 e. The first-order chi connectivity index (χ1) is 17.8. The highest BCUT2D eigenvalue weighted by atomic mass is 16.4. The predicted molar refractivity (Wildman–Crippen MR) is 149 cm³/mol. The minimum atomic E-state index is -1.67. The first-order valence-corrected chi connectivity index (χ1v) is 12.4. The standard InChI is InChI=1S/C30H35N3O5/c1-19-14-20(2)16-24(15-19)32-29(38)33(25-12-10-23(11-13-25)30(3,4)5)18-21-6-8-22(9-7-21)27(35)31-17-26(34)28(36)37/h6-16,26,34H,17-18H2,1-5H3,(H,31,35)(H,32,38)(H,36,37)/t26-/m1/s1. The first-order valence-electron chi connectivity index (χ1n) is 12.4. The average molecular weight is 518 g/mol. The molecule has 38 heavy (non-hydrogen) atoms. The van der Waals surface area contributed by atoms with Gasteiger partial charge >= 0.3 is 12.0 Å². The summed E-state index contributed by atoms with van der Waals surface area (Å²) in [6.07, 6.45) is -1.67. The molecular formula is C30H35N3O5. The Labute approximate surface area is 223 Å². The number of nitrogens with zero attached hydrogens (tertiary/aromatic N) is 1. The summed E-state index contributed by atoms with van der Waals surface area (Å²) >= 11 is 0. The van der Waals surface area contributed by atoms with Gasteiger partial charge in [-0.25, -0.2) is 9.59 Å². The molecule has 3 aromatic rings. The molecule has 0 saturated heterocycles. The van der Waals surface area contributed by atoms with Crippen LogP contribution in [-0.2, 0) is 16.8 Å². The molecule has 0 fully saturated rings. The summed E-state index contributed by atoms with van der Waals surface area (Å²) in [5.74, 6) is -1.91. The number of aliphatic carboxylic acids is 1. The molecule has 0 unspecified atom stereocenters. The number of carbonyl (C=O) groups is 3. The summed E-state index contributed by atoms with van der Waals surface area (Å²) in [7, 11) is 0. The van der Waals surface area contributed by atoms with Crippen LogP contribution in [0.15, 0.2) is 66.7 Å². The van der Waals surface area contributed by atoms with Gasteiger partial charge in [-0.2, -0.15) is 0 Å². The molecule has 0 aliphatic rings. The Balaban J connectivity index is 1.83. The van der Waals surface area contributed by atoms with Crippen molar-refractivity contribution in [1.29, 1.82) is 0 Å². The minimum absolute atomic E-state index is 0.0262. The van der Waals surface area contributed by atoms with Gasteiger partial charge in [-0.05, 0) is 77.9 Å². The highest BCUT2D eigenvalue weighted by molar-refractivity contribution is 6.02.